The Kier molecular flexibility index (Phi) is 5.89. The SMILES string of the molecule is C=C(Cl)/C=C(\C=C(/C)Cl)N1C(=O)[C@@](C)(Cc2ccc(Br)cc2)n2c(C)cnc21. The number of hydrogen-bond donors (Lipinski definition) is 0. The average molecular weight is 481 g/mol. The molecule has 0 unspecified atom stereocenters. The maximum Gasteiger partial charge on any atom is 0.260 e. The van der Waals surface area contributed by atoms with E-state index in [2.05, 4.69) is 27.5 Å². The second-order valence-electron chi connectivity index (χ2n) is 7.00. The Labute approximate surface area is 183 Å². The summed E-state index contributed by atoms with van der Waals surface area (Å²) in [4.78, 5) is 19.7. The first kappa shape index (κ1) is 20.9. The van der Waals surface area contributed by atoms with Crippen LogP contribution in [0.15, 0.2) is 69.4 Å². The summed E-state index contributed by atoms with van der Waals surface area (Å²) in [6, 6.07) is 7.97. The Morgan fingerprint density at radius 1 is 1.29 bits per heavy atom. The highest BCUT2D eigenvalue weighted by Gasteiger charge is 2.49. The van der Waals surface area contributed by atoms with Gasteiger partial charge >= 0.3 is 0 Å². The van der Waals surface area contributed by atoms with Crippen LogP contribution in [0, 0.1) is 6.92 Å². The molecular weight excluding hydrogens is 461 g/mol. The first-order valence-electron chi connectivity index (χ1n) is 8.67. The fourth-order valence-electron chi connectivity index (χ4n) is 3.54. The van der Waals surface area contributed by atoms with Crippen LogP contribution in [0.1, 0.15) is 25.1 Å². The summed E-state index contributed by atoms with van der Waals surface area (Å²) >= 11 is 15.6. The first-order chi connectivity index (χ1) is 13.1. The van der Waals surface area contributed by atoms with Gasteiger partial charge in [-0.1, -0.05) is 57.8 Å². The molecule has 1 aliphatic heterocycles. The summed E-state index contributed by atoms with van der Waals surface area (Å²) in [6.45, 7) is 9.34. The van der Waals surface area contributed by atoms with E-state index in [-0.39, 0.29) is 5.91 Å². The summed E-state index contributed by atoms with van der Waals surface area (Å²) in [5, 5.41) is 0.821. The third-order valence-electron chi connectivity index (χ3n) is 4.65. The number of halogens is 3. The predicted octanol–water partition coefficient (Wildman–Crippen LogP) is 6.04. The molecule has 0 fully saturated rings. The van der Waals surface area contributed by atoms with E-state index < -0.39 is 5.54 Å². The molecular formula is C21H20BrCl2N3O. The quantitative estimate of drug-likeness (QED) is 0.489. The maximum absolute atomic E-state index is 13.6. The Balaban J connectivity index is 2.13. The van der Waals surface area contributed by atoms with Crippen LogP contribution in [0.4, 0.5) is 5.95 Å². The van der Waals surface area contributed by atoms with Crippen LogP contribution in [-0.4, -0.2) is 15.5 Å². The van der Waals surface area contributed by atoms with Gasteiger partial charge in [0.2, 0.25) is 5.95 Å². The minimum atomic E-state index is -0.829. The summed E-state index contributed by atoms with van der Waals surface area (Å²) in [5.41, 5.74) is 1.66. The van der Waals surface area contributed by atoms with Gasteiger partial charge < -0.3 is 0 Å². The molecule has 2 heterocycles. The number of aromatic nitrogens is 2. The zero-order chi connectivity index (χ0) is 20.6. The molecule has 0 bridgehead atoms. The summed E-state index contributed by atoms with van der Waals surface area (Å²) in [6.07, 6.45) is 5.59. The highest BCUT2D eigenvalue weighted by Crippen LogP contribution is 2.41. The van der Waals surface area contributed by atoms with Gasteiger partial charge in [0.15, 0.2) is 0 Å². The van der Waals surface area contributed by atoms with E-state index in [4.69, 9.17) is 23.2 Å². The Bertz CT molecular complexity index is 1000. The number of benzene rings is 1. The lowest BCUT2D eigenvalue weighted by atomic mass is 9.91. The number of rotatable bonds is 5. The molecule has 1 aromatic carbocycles. The van der Waals surface area contributed by atoms with E-state index in [9.17, 15) is 4.79 Å². The second-order valence-corrected chi connectivity index (χ2v) is 9.00. The zero-order valence-electron chi connectivity index (χ0n) is 15.8. The number of fused-ring (bicyclic) bond motifs is 1. The number of carbonyl (C=O) groups is 1. The van der Waals surface area contributed by atoms with Crippen molar-refractivity contribution in [3.63, 3.8) is 0 Å². The van der Waals surface area contributed by atoms with Gasteiger partial charge in [0.05, 0.1) is 11.9 Å². The van der Waals surface area contributed by atoms with Crippen molar-refractivity contribution in [1.29, 1.82) is 0 Å². The summed E-state index contributed by atoms with van der Waals surface area (Å²) in [7, 11) is 0. The highest BCUT2D eigenvalue weighted by atomic mass is 79.9. The van der Waals surface area contributed by atoms with Crippen LogP contribution in [0.5, 0.6) is 0 Å². The maximum atomic E-state index is 13.6. The average Bonchev–Trinajstić information content (AvgIpc) is 3.06. The van der Waals surface area contributed by atoms with Gasteiger partial charge in [-0.15, -0.1) is 0 Å². The van der Waals surface area contributed by atoms with Crippen molar-refractivity contribution in [2.45, 2.75) is 32.7 Å². The van der Waals surface area contributed by atoms with Crippen LogP contribution in [-0.2, 0) is 16.8 Å². The lowest BCUT2D eigenvalue weighted by molar-refractivity contribution is -0.124. The van der Waals surface area contributed by atoms with E-state index in [1.54, 1.807) is 30.2 Å². The number of carbonyl (C=O) groups excluding carboxylic acids is 1. The van der Waals surface area contributed by atoms with E-state index in [1.165, 1.54) is 0 Å². The number of amides is 1. The van der Waals surface area contributed by atoms with E-state index >= 15 is 0 Å². The summed E-state index contributed by atoms with van der Waals surface area (Å²) in [5.74, 6) is 0.445. The molecule has 146 valence electrons. The Hall–Kier alpha value is -1.82. The molecule has 4 nitrogen and oxygen atoms in total. The zero-order valence-corrected chi connectivity index (χ0v) is 18.9. The first-order valence-corrected chi connectivity index (χ1v) is 10.2. The number of hydrogen-bond acceptors (Lipinski definition) is 2. The summed E-state index contributed by atoms with van der Waals surface area (Å²) < 4.78 is 2.97. The fourth-order valence-corrected chi connectivity index (χ4v) is 4.03. The molecule has 0 radical (unpaired) electrons. The number of aryl methyl sites for hydroxylation is 1. The van der Waals surface area contributed by atoms with Crippen LogP contribution < -0.4 is 4.90 Å². The third-order valence-corrected chi connectivity index (χ3v) is 5.39. The predicted molar refractivity (Wildman–Crippen MR) is 119 cm³/mol. The standard InChI is InChI=1S/C21H20BrCl2N3O/c1-13(23)9-18(10-14(2)24)26-19(28)21(4,27-15(3)12-25-20(26)27)11-16-5-7-17(22)8-6-16/h5-10,12H,1,11H2,2-4H3/b14-10+,18-9+/t21-/m1/s1. The van der Waals surface area contributed by atoms with Gasteiger partial charge in [-0.2, -0.15) is 0 Å². The van der Waals surface area contributed by atoms with Crippen LogP contribution >= 0.6 is 39.1 Å². The molecule has 0 spiro atoms. The highest BCUT2D eigenvalue weighted by molar-refractivity contribution is 9.10. The van der Waals surface area contributed by atoms with Gasteiger partial charge in [-0.3, -0.25) is 9.36 Å². The van der Waals surface area contributed by atoms with E-state index in [0.717, 1.165) is 15.7 Å². The monoisotopic (exact) mass is 479 g/mol. The Morgan fingerprint density at radius 3 is 2.50 bits per heavy atom. The van der Waals surface area contributed by atoms with Crippen molar-refractivity contribution in [1.82, 2.24) is 9.55 Å². The molecule has 7 heteroatoms. The molecule has 28 heavy (non-hydrogen) atoms. The molecule has 0 aliphatic carbocycles. The van der Waals surface area contributed by atoms with E-state index in [1.807, 2.05) is 42.7 Å². The number of imidazole rings is 1. The van der Waals surface area contributed by atoms with Crippen molar-refractivity contribution in [2.75, 3.05) is 4.90 Å². The molecule has 1 aliphatic rings. The van der Waals surface area contributed by atoms with Crippen molar-refractivity contribution >= 4 is 51.0 Å². The topological polar surface area (TPSA) is 38.1 Å². The third kappa shape index (κ3) is 3.84. The second kappa shape index (κ2) is 7.90. The van der Waals surface area contributed by atoms with E-state index in [0.29, 0.717) is 28.1 Å². The van der Waals surface area contributed by atoms with Gasteiger partial charge in [-0.05, 0) is 50.6 Å². The smallest absolute Gasteiger partial charge is 0.260 e. The number of allylic oxidation sites excluding steroid dienone is 4. The molecule has 0 saturated heterocycles. The van der Waals surface area contributed by atoms with Crippen molar-refractivity contribution in [3.8, 4) is 0 Å². The van der Waals surface area contributed by atoms with Crippen molar-refractivity contribution in [2.24, 2.45) is 0 Å². The number of nitrogens with zero attached hydrogens (tertiary/aromatic N) is 3. The minimum absolute atomic E-state index is 0.0973. The molecule has 1 atom stereocenters. The lowest BCUT2D eigenvalue weighted by Gasteiger charge is -2.26. The fraction of sp³-hybridized carbons (Fsp3) is 0.238. The van der Waals surface area contributed by atoms with Crippen LogP contribution in [0.2, 0.25) is 0 Å². The largest absolute Gasteiger partial charge is 0.299 e. The molecule has 2 aromatic rings. The Morgan fingerprint density at radius 2 is 1.93 bits per heavy atom. The van der Waals surface area contributed by atoms with Gasteiger partial charge in [0, 0.05) is 26.7 Å². The molecule has 0 saturated carbocycles. The van der Waals surface area contributed by atoms with Gasteiger partial charge in [-0.25, -0.2) is 9.88 Å². The van der Waals surface area contributed by atoms with Gasteiger partial charge in [0.1, 0.15) is 5.54 Å². The molecule has 1 amide bonds. The molecule has 3 rings (SSSR count). The van der Waals surface area contributed by atoms with Crippen LogP contribution in [0.3, 0.4) is 0 Å². The van der Waals surface area contributed by atoms with Gasteiger partial charge in [0.25, 0.3) is 5.91 Å². The van der Waals surface area contributed by atoms with Crippen LogP contribution in [0.25, 0.3) is 0 Å². The van der Waals surface area contributed by atoms with Crippen molar-refractivity contribution in [3.05, 3.63) is 80.7 Å². The lowest BCUT2D eigenvalue weighted by Crippen LogP contribution is -2.42. The van der Waals surface area contributed by atoms with Crippen molar-refractivity contribution < 1.29 is 4.79 Å². The minimum Gasteiger partial charge on any atom is -0.299 e. The number of anilines is 1. The normalized spacial score (nSPS) is 19.9. The molecule has 0 N–H and O–H groups in total. The molecule has 1 aromatic heterocycles.